The molecule has 2 aromatic rings. The summed E-state index contributed by atoms with van der Waals surface area (Å²) in [5.41, 5.74) is 1.40. The molecular formula is C67H91N5O12SSi. The number of aliphatic imine (C=N–C) groups is 1. The van der Waals surface area contributed by atoms with Gasteiger partial charge in [0, 0.05) is 101 Å². The van der Waals surface area contributed by atoms with E-state index >= 15 is 0 Å². The van der Waals surface area contributed by atoms with Crippen LogP contribution in [0.4, 0.5) is 0 Å². The molecule has 7 rings (SSSR count). The third-order valence-electron chi connectivity index (χ3n) is 17.2. The van der Waals surface area contributed by atoms with Crippen molar-refractivity contribution in [1.82, 2.24) is 20.4 Å². The molecule has 2 saturated heterocycles. The number of carbonyl (C=O) groups is 7. The van der Waals surface area contributed by atoms with Gasteiger partial charge >= 0.3 is 5.97 Å². The van der Waals surface area contributed by atoms with E-state index in [9.17, 15) is 38.7 Å². The molecule has 3 N–H and O–H groups in total. The second kappa shape index (κ2) is 31.2. The number of carbonyl (C=O) groups excluding carboxylic acids is 7. The minimum Gasteiger partial charge on any atom is -0.455 e. The van der Waals surface area contributed by atoms with Crippen LogP contribution in [0.15, 0.2) is 124 Å². The number of ether oxygens (including phenoxy) is 3. The average Bonchev–Trinajstić information content (AvgIpc) is 1.19. The largest absolute Gasteiger partial charge is 0.455 e. The second-order valence-corrected chi connectivity index (χ2v) is 30.3. The molecule has 0 radical (unpaired) electrons. The summed E-state index contributed by atoms with van der Waals surface area (Å²) in [5, 5.41) is 19.8. The van der Waals surface area contributed by atoms with E-state index in [1.54, 1.807) is 26.0 Å². The first kappa shape index (κ1) is 67.4. The van der Waals surface area contributed by atoms with Gasteiger partial charge in [0.1, 0.15) is 11.9 Å². The lowest BCUT2D eigenvalue weighted by Crippen LogP contribution is -2.67. The van der Waals surface area contributed by atoms with E-state index in [4.69, 9.17) is 23.6 Å². The number of amides is 3. The number of rotatable bonds is 21. The first-order chi connectivity index (χ1) is 41.0. The number of esters is 1. The van der Waals surface area contributed by atoms with Crippen molar-refractivity contribution in [2.24, 2.45) is 16.8 Å². The smallest absolute Gasteiger partial charge is 0.303 e. The van der Waals surface area contributed by atoms with Gasteiger partial charge in [-0.3, -0.25) is 38.5 Å². The molecule has 2 bridgehead atoms. The Kier molecular flexibility index (Phi) is 24.5. The first-order valence-electron chi connectivity index (χ1n) is 30.6. The van der Waals surface area contributed by atoms with Gasteiger partial charge in [-0.05, 0) is 92.1 Å². The number of unbranched alkanes of at least 4 members (excludes halogenated alkanes) is 2. The Morgan fingerprint density at radius 1 is 0.872 bits per heavy atom. The molecule has 1 unspecified atom stereocenters. The molecule has 19 heteroatoms. The van der Waals surface area contributed by atoms with Gasteiger partial charge in [0.15, 0.2) is 17.8 Å². The maximum absolute atomic E-state index is 14.3. The number of ketones is 3. The summed E-state index contributed by atoms with van der Waals surface area (Å²) in [6, 6.07) is 21.4. The Labute approximate surface area is 514 Å². The van der Waals surface area contributed by atoms with Crippen molar-refractivity contribution in [3.63, 3.8) is 0 Å². The number of nitrogens with one attached hydrogen (secondary N) is 2. The summed E-state index contributed by atoms with van der Waals surface area (Å²) in [4.78, 5) is 103. The fourth-order valence-electron chi connectivity index (χ4n) is 12.5. The molecule has 5 aliphatic rings. The van der Waals surface area contributed by atoms with E-state index in [-0.39, 0.29) is 89.9 Å². The quantitative estimate of drug-likeness (QED) is 0.0271. The molecule has 0 aromatic heterocycles. The van der Waals surface area contributed by atoms with Crippen molar-refractivity contribution >= 4 is 77.5 Å². The number of fused-ring (bicyclic) bond motifs is 3. The number of thioether (sulfide) groups is 1. The number of imide groups is 1. The van der Waals surface area contributed by atoms with E-state index in [1.807, 2.05) is 32.1 Å². The summed E-state index contributed by atoms with van der Waals surface area (Å²) in [6.07, 6.45) is 9.82. The molecule has 17 nitrogen and oxygen atoms in total. The minimum absolute atomic E-state index is 0.0138. The summed E-state index contributed by atoms with van der Waals surface area (Å²) >= 11 is 1.51. The minimum atomic E-state index is -2.73. The summed E-state index contributed by atoms with van der Waals surface area (Å²) in [7, 11) is 0.247. The van der Waals surface area contributed by atoms with Crippen molar-refractivity contribution in [2.75, 3.05) is 46.2 Å². The highest BCUT2D eigenvalue weighted by Crippen LogP contribution is 2.38. The Bertz CT molecular complexity index is 2910. The van der Waals surface area contributed by atoms with E-state index in [1.165, 1.54) is 60.3 Å². The van der Waals surface area contributed by atoms with E-state index in [2.05, 4.69) is 84.8 Å². The van der Waals surface area contributed by atoms with Crippen LogP contribution in [0, 0.1) is 11.8 Å². The Morgan fingerprint density at radius 3 is 2.20 bits per heavy atom. The number of aliphatic hydroxyl groups excluding tert-OH is 1. The van der Waals surface area contributed by atoms with Crippen LogP contribution >= 0.6 is 11.8 Å². The number of nitrogens with zero attached hydrogens (tertiary/aromatic N) is 3. The van der Waals surface area contributed by atoms with Gasteiger partial charge in [-0.25, -0.2) is 4.99 Å². The number of hydrogen-bond acceptors (Lipinski definition) is 16. The predicted molar refractivity (Wildman–Crippen MR) is 338 cm³/mol. The van der Waals surface area contributed by atoms with E-state index in [0.29, 0.717) is 67.6 Å². The summed E-state index contributed by atoms with van der Waals surface area (Å²) < 4.78 is 24.4. The normalized spacial score (nSPS) is 27.2. The van der Waals surface area contributed by atoms with Crippen LogP contribution in [0.3, 0.4) is 0 Å². The summed E-state index contributed by atoms with van der Waals surface area (Å²) in [5.74, 6) is -1.53. The molecule has 86 heavy (non-hydrogen) atoms. The van der Waals surface area contributed by atoms with Crippen molar-refractivity contribution < 1.29 is 57.3 Å². The number of methoxy groups -OCH3 is 2. The van der Waals surface area contributed by atoms with Crippen LogP contribution in [0.2, 0.25) is 5.04 Å². The molecule has 2 aromatic carbocycles. The molecule has 2 fully saturated rings. The fourth-order valence-corrected chi connectivity index (χ4v) is 18.3. The van der Waals surface area contributed by atoms with Crippen LogP contribution in [0.5, 0.6) is 0 Å². The van der Waals surface area contributed by atoms with Crippen molar-refractivity contribution in [3.8, 4) is 0 Å². The highest BCUT2D eigenvalue weighted by molar-refractivity contribution is 8.00. The molecule has 466 valence electrons. The van der Waals surface area contributed by atoms with Crippen LogP contribution in [0.25, 0.3) is 0 Å². The number of likely N-dealkylation sites (tertiary alicyclic amines) is 1. The van der Waals surface area contributed by atoms with Crippen LogP contribution < -0.4 is 21.0 Å². The summed E-state index contributed by atoms with van der Waals surface area (Å²) in [6.45, 7) is 17.7. The Hall–Kier alpha value is -6.09. The van der Waals surface area contributed by atoms with E-state index in [0.717, 1.165) is 31.9 Å². The number of allylic oxidation sites excluding steroid dienone is 5. The lowest BCUT2D eigenvalue weighted by Gasteiger charge is -2.44. The molecular weight excluding hydrogens is 1130 g/mol. The predicted octanol–water partition coefficient (Wildman–Crippen LogP) is 7.80. The van der Waals surface area contributed by atoms with Gasteiger partial charge in [0.25, 0.3) is 14.2 Å². The van der Waals surface area contributed by atoms with Crippen molar-refractivity contribution in [1.29, 1.82) is 0 Å². The van der Waals surface area contributed by atoms with Crippen molar-refractivity contribution in [2.45, 2.75) is 179 Å². The standard InChI is InChI=1S/C67H91N5O12SSi/c1-43-36-54-53(56(75)39-55(62(54)78)70-64(79)44(2)22-20-30-57(81-9)63(84-47(5)73)46(4)38-45(3)61(77)58(37-43)82-10)29-19-11-14-23-50(74)24-21-33-72-60(76)40-59(65(72)80)85-42-49-32-35-71-34-31-48(68-66(71)69-49)41-83-86(67(6,7)8,51-25-15-12-16-26-51)52-27-17-13-18-28-52/h12-13,15-18,20,22,25-28,30,38-39,43,45,48-49,57-59,61,63,77H,11,14,19,21,23-24,29,31-37,40-42H2,1-10H3,(H,68,69)(H,70,79)/b30-20-,44-22+,46-38+/t43-,45+,48-,49-,57+,58+,59?,61-,63+/m1/s1. The average molecular weight is 1220 g/mol. The molecule has 1 aliphatic carbocycles. The van der Waals surface area contributed by atoms with Gasteiger partial charge < -0.3 is 39.3 Å². The Balaban J connectivity index is 0.883. The molecule has 9 atom stereocenters. The van der Waals surface area contributed by atoms with Gasteiger partial charge in [-0.2, -0.15) is 0 Å². The zero-order chi connectivity index (χ0) is 62.3. The second-order valence-electron chi connectivity index (χ2n) is 24.8. The zero-order valence-electron chi connectivity index (χ0n) is 52.1. The zero-order valence-corrected chi connectivity index (χ0v) is 53.9. The lowest BCUT2D eigenvalue weighted by molar-refractivity contribution is -0.149. The van der Waals surface area contributed by atoms with Crippen LogP contribution in [-0.4, -0.2) is 158 Å². The van der Waals surface area contributed by atoms with Gasteiger partial charge in [-0.15, -0.1) is 11.8 Å². The van der Waals surface area contributed by atoms with Crippen LogP contribution in [0.1, 0.15) is 132 Å². The molecule has 3 amide bonds. The van der Waals surface area contributed by atoms with Gasteiger partial charge in [0.2, 0.25) is 17.6 Å². The fraction of sp³-hybridized carbons (Fsp3) is 0.552. The first-order valence-corrected chi connectivity index (χ1v) is 33.6. The van der Waals surface area contributed by atoms with Gasteiger partial charge in [-0.1, -0.05) is 126 Å². The third kappa shape index (κ3) is 17.2. The SMILES string of the molecule is CO[C@H]1/C=C\C=C(/C)C(=O)NC2=CC(=O)C(CCCCCC(=O)CCCN3C(=O)CC(SC[C@H]4CCN5CC[C@H](CO[Si](c6ccccc6)(c6ccccc6)C(C)(C)C)N=C5N4)C3=O)=C(C[C@@H](C)C[C@H](OC)[C@H](O)[C@@H](C)/C=C(\C)[C@@H]1OC(C)=O)C2=O. The monoisotopic (exact) mass is 1220 g/mol. The number of benzene rings is 2. The topological polar surface area (TPSA) is 220 Å². The molecule has 4 heterocycles. The lowest BCUT2D eigenvalue weighted by atomic mass is 9.82. The number of hydrogen-bond donors (Lipinski definition) is 3. The number of guanidine groups is 1. The molecule has 4 aliphatic heterocycles. The highest BCUT2D eigenvalue weighted by Gasteiger charge is 2.51. The van der Waals surface area contributed by atoms with Crippen LogP contribution in [-0.2, 0) is 52.2 Å². The number of Topliss-reactive ketones (excluding diaryl/α,β-unsaturated/α-hetero) is 2. The maximum atomic E-state index is 14.3. The molecule has 0 saturated carbocycles. The Morgan fingerprint density at radius 2 is 1.55 bits per heavy atom. The van der Waals surface area contributed by atoms with Gasteiger partial charge in [0.05, 0.1) is 35.8 Å². The van der Waals surface area contributed by atoms with Crippen molar-refractivity contribution in [3.05, 3.63) is 119 Å². The van der Waals surface area contributed by atoms with E-state index < -0.39 is 61.6 Å². The molecule has 0 spiro atoms. The number of aliphatic hydroxyl groups is 1. The third-order valence-corrected chi connectivity index (χ3v) is 23.6. The highest BCUT2D eigenvalue weighted by atomic mass is 32.2. The maximum Gasteiger partial charge on any atom is 0.303 e.